The van der Waals surface area contributed by atoms with Crippen LogP contribution in [0.1, 0.15) is 18.1 Å². The maximum Gasteiger partial charge on any atom is 0.186 e. The molecule has 0 bridgehead atoms. The fourth-order valence-electron chi connectivity index (χ4n) is 1.79. The average molecular weight is 348 g/mol. The fourth-order valence-corrected chi connectivity index (χ4v) is 2.18. The highest BCUT2D eigenvalue weighted by molar-refractivity contribution is 7.80. The quantitative estimate of drug-likeness (QED) is 0.475. The first-order valence-electron chi connectivity index (χ1n) is 7.22. The SMILES string of the molecule is CCNC(=S)N/N=C/c1ccc(OCc2ccccc2Cl)cc1. The van der Waals surface area contributed by atoms with Crippen LogP contribution in [-0.4, -0.2) is 17.9 Å². The summed E-state index contributed by atoms with van der Waals surface area (Å²) < 4.78 is 5.73. The van der Waals surface area contributed by atoms with E-state index in [1.807, 2.05) is 55.5 Å². The van der Waals surface area contributed by atoms with Gasteiger partial charge >= 0.3 is 0 Å². The number of nitrogens with zero attached hydrogens (tertiary/aromatic N) is 1. The van der Waals surface area contributed by atoms with Crippen molar-refractivity contribution in [3.8, 4) is 5.75 Å². The van der Waals surface area contributed by atoms with Gasteiger partial charge in [0.05, 0.1) is 6.21 Å². The van der Waals surface area contributed by atoms with E-state index in [-0.39, 0.29) is 0 Å². The molecule has 0 spiro atoms. The van der Waals surface area contributed by atoms with Gasteiger partial charge in [-0.1, -0.05) is 29.8 Å². The highest BCUT2D eigenvalue weighted by Crippen LogP contribution is 2.18. The van der Waals surface area contributed by atoms with E-state index < -0.39 is 0 Å². The Hall–Kier alpha value is -2.11. The van der Waals surface area contributed by atoms with Crippen molar-refractivity contribution in [2.24, 2.45) is 5.10 Å². The van der Waals surface area contributed by atoms with Gasteiger partial charge < -0.3 is 10.1 Å². The van der Waals surface area contributed by atoms with E-state index in [0.717, 1.165) is 23.4 Å². The van der Waals surface area contributed by atoms with Crippen LogP contribution in [0.4, 0.5) is 0 Å². The third kappa shape index (κ3) is 5.88. The number of hydrogen-bond donors (Lipinski definition) is 2. The van der Waals surface area contributed by atoms with Crippen LogP contribution >= 0.6 is 23.8 Å². The molecule has 4 nitrogen and oxygen atoms in total. The zero-order valence-electron chi connectivity index (χ0n) is 12.8. The van der Waals surface area contributed by atoms with Crippen LogP contribution in [0.25, 0.3) is 0 Å². The number of benzene rings is 2. The minimum Gasteiger partial charge on any atom is -0.489 e. The van der Waals surface area contributed by atoms with Crippen LogP contribution in [0, 0.1) is 0 Å². The monoisotopic (exact) mass is 347 g/mol. The van der Waals surface area contributed by atoms with Gasteiger partial charge in [-0.05, 0) is 55.0 Å². The molecule has 6 heteroatoms. The van der Waals surface area contributed by atoms with Gasteiger partial charge in [-0.2, -0.15) is 5.10 Å². The molecule has 0 aliphatic rings. The van der Waals surface area contributed by atoms with Crippen molar-refractivity contribution in [1.29, 1.82) is 0 Å². The Balaban J connectivity index is 1.86. The minimum atomic E-state index is 0.436. The lowest BCUT2D eigenvalue weighted by Crippen LogP contribution is -2.31. The lowest BCUT2D eigenvalue weighted by atomic mass is 10.2. The van der Waals surface area contributed by atoms with Crippen LogP contribution in [0.3, 0.4) is 0 Å². The molecule has 0 radical (unpaired) electrons. The number of rotatable bonds is 6. The third-order valence-corrected chi connectivity index (χ3v) is 3.55. The average Bonchev–Trinajstić information content (AvgIpc) is 2.56. The maximum atomic E-state index is 6.10. The number of halogens is 1. The number of hydrogen-bond acceptors (Lipinski definition) is 3. The summed E-state index contributed by atoms with van der Waals surface area (Å²) in [5, 5.41) is 8.22. The Morgan fingerprint density at radius 3 is 2.65 bits per heavy atom. The first-order chi connectivity index (χ1) is 11.2. The van der Waals surface area contributed by atoms with E-state index in [9.17, 15) is 0 Å². The van der Waals surface area contributed by atoms with E-state index >= 15 is 0 Å². The van der Waals surface area contributed by atoms with Gasteiger partial charge in [0.15, 0.2) is 5.11 Å². The molecule has 0 saturated heterocycles. The second kappa shape index (κ2) is 9.12. The Labute approximate surface area is 146 Å². The first-order valence-corrected chi connectivity index (χ1v) is 8.01. The lowest BCUT2D eigenvalue weighted by Gasteiger charge is -2.08. The predicted molar refractivity (Wildman–Crippen MR) is 99.2 cm³/mol. The zero-order valence-corrected chi connectivity index (χ0v) is 14.3. The van der Waals surface area contributed by atoms with Crippen LogP contribution < -0.4 is 15.5 Å². The molecule has 0 unspecified atom stereocenters. The normalized spacial score (nSPS) is 10.5. The number of thiocarbonyl (C=S) groups is 1. The summed E-state index contributed by atoms with van der Waals surface area (Å²) in [5.74, 6) is 0.776. The zero-order chi connectivity index (χ0) is 16.5. The van der Waals surface area contributed by atoms with Gasteiger partial charge in [0.1, 0.15) is 12.4 Å². The van der Waals surface area contributed by atoms with Gasteiger partial charge in [0.2, 0.25) is 0 Å². The lowest BCUT2D eigenvalue weighted by molar-refractivity contribution is 0.306. The topological polar surface area (TPSA) is 45.7 Å². The van der Waals surface area contributed by atoms with E-state index in [1.165, 1.54) is 0 Å². The maximum absolute atomic E-state index is 6.10. The van der Waals surface area contributed by atoms with Crippen molar-refractivity contribution >= 4 is 35.1 Å². The van der Waals surface area contributed by atoms with Crippen molar-refractivity contribution in [1.82, 2.24) is 10.7 Å². The largest absolute Gasteiger partial charge is 0.489 e. The molecule has 23 heavy (non-hydrogen) atoms. The Kier molecular flexibility index (Phi) is 6.84. The van der Waals surface area contributed by atoms with E-state index in [2.05, 4.69) is 15.8 Å². The van der Waals surface area contributed by atoms with E-state index in [1.54, 1.807) is 6.21 Å². The standard InChI is InChI=1S/C17H18ClN3OS/c1-2-19-17(23)21-20-11-13-7-9-15(10-8-13)22-12-14-5-3-4-6-16(14)18/h3-11H,2,12H2,1H3,(H2,19,21,23)/b20-11+. The Morgan fingerprint density at radius 1 is 1.22 bits per heavy atom. The van der Waals surface area contributed by atoms with Crippen LogP contribution in [0.2, 0.25) is 5.02 Å². The molecular weight excluding hydrogens is 330 g/mol. The summed E-state index contributed by atoms with van der Waals surface area (Å²) in [4.78, 5) is 0. The van der Waals surface area contributed by atoms with Crippen molar-refractivity contribution in [3.63, 3.8) is 0 Å². The van der Waals surface area contributed by atoms with Crippen LogP contribution in [-0.2, 0) is 6.61 Å². The molecule has 0 heterocycles. The number of hydrazone groups is 1. The summed E-state index contributed by atoms with van der Waals surface area (Å²) >= 11 is 11.1. The van der Waals surface area contributed by atoms with Crippen LogP contribution in [0.15, 0.2) is 53.6 Å². The molecule has 0 fully saturated rings. The molecule has 2 N–H and O–H groups in total. The Morgan fingerprint density at radius 2 is 1.96 bits per heavy atom. The number of nitrogens with one attached hydrogen (secondary N) is 2. The summed E-state index contributed by atoms with van der Waals surface area (Å²) in [6.45, 7) is 3.17. The molecule has 2 aromatic carbocycles. The molecule has 2 aromatic rings. The summed E-state index contributed by atoms with van der Waals surface area (Å²) in [5.41, 5.74) is 4.65. The fraction of sp³-hybridized carbons (Fsp3) is 0.176. The molecule has 0 atom stereocenters. The van der Waals surface area contributed by atoms with Crippen molar-refractivity contribution < 1.29 is 4.74 Å². The van der Waals surface area contributed by atoms with Gasteiger partial charge in [-0.3, -0.25) is 5.43 Å². The summed E-state index contributed by atoms with van der Waals surface area (Å²) in [7, 11) is 0. The summed E-state index contributed by atoms with van der Waals surface area (Å²) in [6, 6.07) is 15.3. The first kappa shape index (κ1) is 17.2. The number of ether oxygens (including phenoxy) is 1. The highest BCUT2D eigenvalue weighted by Gasteiger charge is 2.00. The molecular formula is C17H18ClN3OS. The van der Waals surface area contributed by atoms with Gasteiger partial charge in [-0.15, -0.1) is 0 Å². The van der Waals surface area contributed by atoms with Crippen molar-refractivity contribution in [2.75, 3.05) is 6.54 Å². The third-order valence-electron chi connectivity index (χ3n) is 2.95. The molecule has 0 aliphatic heterocycles. The molecule has 0 saturated carbocycles. The van der Waals surface area contributed by atoms with E-state index in [4.69, 9.17) is 28.6 Å². The van der Waals surface area contributed by atoms with Crippen LogP contribution in [0.5, 0.6) is 5.75 Å². The highest BCUT2D eigenvalue weighted by atomic mass is 35.5. The van der Waals surface area contributed by atoms with Crippen molar-refractivity contribution in [2.45, 2.75) is 13.5 Å². The molecule has 120 valence electrons. The van der Waals surface area contributed by atoms with Gasteiger partial charge in [-0.25, -0.2) is 0 Å². The molecule has 0 aliphatic carbocycles. The Bertz CT molecular complexity index is 674. The molecule has 0 aromatic heterocycles. The summed E-state index contributed by atoms with van der Waals surface area (Å²) in [6.07, 6.45) is 1.70. The van der Waals surface area contributed by atoms with Gasteiger partial charge in [0, 0.05) is 17.1 Å². The van der Waals surface area contributed by atoms with Gasteiger partial charge in [0.25, 0.3) is 0 Å². The molecule has 2 rings (SSSR count). The molecule has 0 amide bonds. The minimum absolute atomic E-state index is 0.436. The smallest absolute Gasteiger partial charge is 0.186 e. The van der Waals surface area contributed by atoms with E-state index in [0.29, 0.717) is 16.7 Å². The second-order valence-corrected chi connectivity index (χ2v) is 5.49. The predicted octanol–water partition coefficient (Wildman–Crippen LogP) is 3.74. The van der Waals surface area contributed by atoms with Crippen molar-refractivity contribution in [3.05, 3.63) is 64.7 Å². The second-order valence-electron chi connectivity index (χ2n) is 4.68.